The van der Waals surface area contributed by atoms with Gasteiger partial charge in [0.05, 0.1) is 3.57 Å². The zero-order valence-corrected chi connectivity index (χ0v) is 18.3. The maximum absolute atomic E-state index is 13.7. The summed E-state index contributed by atoms with van der Waals surface area (Å²) in [5, 5.41) is 8.73. The molecule has 0 unspecified atom stereocenters. The van der Waals surface area contributed by atoms with Crippen molar-refractivity contribution in [2.45, 2.75) is 4.90 Å². The van der Waals surface area contributed by atoms with Crippen molar-refractivity contribution < 1.29 is 19.0 Å². The first-order valence-corrected chi connectivity index (χ1v) is 10.9. The Bertz CT molecular complexity index is 1020. The number of thioether (sulfide) groups is 1. The Morgan fingerprint density at radius 1 is 1.03 bits per heavy atom. The lowest BCUT2D eigenvalue weighted by Crippen LogP contribution is -2.10. The highest BCUT2D eigenvalue weighted by atomic mass is 127. The largest absolute Gasteiger partial charge is 0.481 e. The van der Waals surface area contributed by atoms with Gasteiger partial charge in [0.1, 0.15) is 11.6 Å². The minimum absolute atomic E-state index is 0.261. The maximum Gasteiger partial charge on any atom is 0.341 e. The van der Waals surface area contributed by atoms with Crippen LogP contribution in [0, 0.1) is 9.39 Å². The van der Waals surface area contributed by atoms with Gasteiger partial charge in [-0.2, -0.15) is 0 Å². The van der Waals surface area contributed by atoms with Crippen LogP contribution in [-0.2, 0) is 4.79 Å². The fourth-order valence-corrected chi connectivity index (χ4v) is 4.42. The Balaban J connectivity index is 1.76. The van der Waals surface area contributed by atoms with Gasteiger partial charge in [0, 0.05) is 10.6 Å². The molecular weight excluding hydrogens is 502 g/mol. The van der Waals surface area contributed by atoms with E-state index in [1.165, 1.54) is 6.07 Å². The van der Waals surface area contributed by atoms with Crippen molar-refractivity contribution in [3.8, 4) is 5.75 Å². The molecule has 0 saturated heterocycles. The molecule has 29 heavy (non-hydrogen) atoms. The Morgan fingerprint density at radius 3 is 2.48 bits per heavy atom. The molecular formula is C23H18FIO3S. The lowest BCUT2D eigenvalue weighted by Gasteiger charge is -2.10. The smallest absolute Gasteiger partial charge is 0.341 e. The van der Waals surface area contributed by atoms with E-state index in [0.29, 0.717) is 11.5 Å². The number of hydrogen-bond acceptors (Lipinski definition) is 3. The van der Waals surface area contributed by atoms with E-state index in [2.05, 4.69) is 28.7 Å². The summed E-state index contributed by atoms with van der Waals surface area (Å²) < 4.78 is 19.9. The van der Waals surface area contributed by atoms with Crippen molar-refractivity contribution in [1.29, 1.82) is 0 Å². The lowest BCUT2D eigenvalue weighted by molar-refractivity contribution is -0.139. The highest BCUT2D eigenvalue weighted by Crippen LogP contribution is 2.29. The third-order valence-electron chi connectivity index (χ3n) is 4.01. The van der Waals surface area contributed by atoms with Crippen molar-refractivity contribution >= 4 is 45.9 Å². The molecule has 0 heterocycles. The normalized spacial score (nSPS) is 11.3. The minimum atomic E-state index is -1.00. The molecule has 0 aromatic heterocycles. The molecule has 3 aromatic carbocycles. The summed E-state index contributed by atoms with van der Waals surface area (Å²) in [6.07, 6.45) is 2.09. The van der Waals surface area contributed by atoms with Gasteiger partial charge in [-0.25, -0.2) is 9.18 Å². The lowest BCUT2D eigenvalue weighted by atomic mass is 9.98. The van der Waals surface area contributed by atoms with Crippen LogP contribution in [-0.4, -0.2) is 23.4 Å². The number of carbonyl (C=O) groups is 1. The van der Waals surface area contributed by atoms with Crippen molar-refractivity contribution in [2.75, 3.05) is 12.4 Å². The second-order valence-corrected chi connectivity index (χ2v) is 8.34. The highest BCUT2D eigenvalue weighted by molar-refractivity contribution is 14.1. The second-order valence-electron chi connectivity index (χ2n) is 6.08. The number of aliphatic carboxylic acids is 1. The molecule has 3 aromatic rings. The van der Waals surface area contributed by atoms with E-state index >= 15 is 0 Å². The summed E-state index contributed by atoms with van der Waals surface area (Å²) in [4.78, 5) is 11.7. The summed E-state index contributed by atoms with van der Waals surface area (Å²) in [6.45, 7) is -0.362. The average Bonchev–Trinajstić information content (AvgIpc) is 2.71. The number of ether oxygens (including phenoxy) is 1. The summed E-state index contributed by atoms with van der Waals surface area (Å²) in [7, 11) is 0. The van der Waals surface area contributed by atoms with Gasteiger partial charge in [-0.15, -0.1) is 11.8 Å². The Labute approximate surface area is 186 Å². The van der Waals surface area contributed by atoms with Crippen molar-refractivity contribution in [1.82, 2.24) is 0 Å². The van der Waals surface area contributed by atoms with E-state index < -0.39 is 5.97 Å². The zero-order valence-electron chi connectivity index (χ0n) is 15.3. The van der Waals surface area contributed by atoms with Crippen molar-refractivity contribution in [3.63, 3.8) is 0 Å². The Morgan fingerprint density at radius 2 is 1.79 bits per heavy atom. The number of carboxylic acid groups (broad SMARTS) is 1. The predicted molar refractivity (Wildman–Crippen MR) is 123 cm³/mol. The molecule has 1 N–H and O–H groups in total. The molecule has 0 aliphatic carbocycles. The molecule has 3 nitrogen and oxygen atoms in total. The van der Waals surface area contributed by atoms with Gasteiger partial charge in [0.25, 0.3) is 0 Å². The quantitative estimate of drug-likeness (QED) is 0.287. The van der Waals surface area contributed by atoms with Gasteiger partial charge in [0.2, 0.25) is 0 Å². The Kier molecular flexibility index (Phi) is 7.71. The van der Waals surface area contributed by atoms with Gasteiger partial charge >= 0.3 is 5.97 Å². The molecule has 0 spiro atoms. The van der Waals surface area contributed by atoms with Crippen LogP contribution in [0.1, 0.15) is 11.1 Å². The third kappa shape index (κ3) is 6.33. The summed E-state index contributed by atoms with van der Waals surface area (Å²) in [5.74, 6) is -0.0112. The van der Waals surface area contributed by atoms with Crippen molar-refractivity contribution in [3.05, 3.63) is 99.4 Å². The average molecular weight is 520 g/mol. The summed E-state index contributed by atoms with van der Waals surface area (Å²) in [6, 6.07) is 22.2. The van der Waals surface area contributed by atoms with Crippen LogP contribution in [0.4, 0.5) is 4.39 Å². The molecule has 148 valence electrons. The molecule has 0 amide bonds. The molecule has 0 aliphatic heterocycles. The van der Waals surface area contributed by atoms with E-state index in [-0.39, 0.29) is 12.4 Å². The number of rotatable bonds is 8. The first kappa shape index (κ1) is 21.4. The Hall–Kier alpha value is -2.32. The van der Waals surface area contributed by atoms with Gasteiger partial charge in [-0.05, 0) is 69.6 Å². The van der Waals surface area contributed by atoms with Crippen LogP contribution in [0.2, 0.25) is 0 Å². The highest BCUT2D eigenvalue weighted by Gasteiger charge is 2.08. The molecule has 0 bridgehead atoms. The van der Waals surface area contributed by atoms with Gasteiger partial charge in [-0.1, -0.05) is 48.5 Å². The van der Waals surface area contributed by atoms with E-state index in [1.54, 1.807) is 30.0 Å². The number of benzene rings is 3. The van der Waals surface area contributed by atoms with Crippen LogP contribution >= 0.6 is 34.4 Å². The van der Waals surface area contributed by atoms with Crippen molar-refractivity contribution in [2.24, 2.45) is 0 Å². The first-order chi connectivity index (χ1) is 14.0. The van der Waals surface area contributed by atoms with Crippen LogP contribution in [0.5, 0.6) is 5.75 Å². The van der Waals surface area contributed by atoms with Gasteiger partial charge in [0.15, 0.2) is 6.61 Å². The molecule has 3 rings (SSSR count). The van der Waals surface area contributed by atoms with Gasteiger partial charge in [-0.3, -0.25) is 0 Å². The monoisotopic (exact) mass is 520 g/mol. The molecule has 0 saturated carbocycles. The zero-order chi connectivity index (χ0) is 20.6. The first-order valence-electron chi connectivity index (χ1n) is 8.81. The molecule has 0 fully saturated rings. The van der Waals surface area contributed by atoms with Crippen LogP contribution in [0.25, 0.3) is 5.57 Å². The second kappa shape index (κ2) is 10.5. The topological polar surface area (TPSA) is 46.5 Å². The number of hydrogen-bond donors (Lipinski definition) is 1. The molecule has 6 heteroatoms. The fourth-order valence-electron chi connectivity index (χ4n) is 2.73. The SMILES string of the molecule is O=C(O)COc1ccc(SC/C=C(/c2ccccc2)c2cccc(F)c2)cc1I. The standard InChI is InChI=1S/C23H18FIO3S/c24-18-8-4-7-17(13-18)20(16-5-2-1-3-6-16)11-12-29-19-9-10-22(21(25)14-19)28-15-23(26)27/h1-11,13-14H,12,15H2,(H,26,27)/b20-11-. The van der Waals surface area contributed by atoms with Crippen LogP contribution in [0.3, 0.4) is 0 Å². The van der Waals surface area contributed by atoms with Gasteiger partial charge < -0.3 is 9.84 Å². The molecule has 0 aliphatic rings. The number of halogens is 2. The molecule has 0 radical (unpaired) electrons. The third-order valence-corrected chi connectivity index (χ3v) is 5.78. The number of carboxylic acids is 1. The summed E-state index contributed by atoms with van der Waals surface area (Å²) >= 11 is 3.77. The summed E-state index contributed by atoms with van der Waals surface area (Å²) in [5.41, 5.74) is 2.85. The van der Waals surface area contributed by atoms with E-state index in [4.69, 9.17) is 9.84 Å². The molecule has 0 atom stereocenters. The predicted octanol–water partition coefficient (Wildman–Crippen LogP) is 6.12. The van der Waals surface area contributed by atoms with Crippen LogP contribution in [0.15, 0.2) is 83.8 Å². The fraction of sp³-hybridized carbons (Fsp3) is 0.0870. The van der Waals surface area contributed by atoms with E-state index in [0.717, 1.165) is 25.2 Å². The minimum Gasteiger partial charge on any atom is -0.481 e. The van der Waals surface area contributed by atoms with E-state index in [9.17, 15) is 9.18 Å². The van der Waals surface area contributed by atoms with E-state index in [1.807, 2.05) is 48.5 Å². The van der Waals surface area contributed by atoms with Crippen LogP contribution < -0.4 is 4.74 Å². The maximum atomic E-state index is 13.7.